The Morgan fingerprint density at radius 3 is 2.82 bits per heavy atom. The summed E-state index contributed by atoms with van der Waals surface area (Å²) in [4.78, 5) is 0. The van der Waals surface area contributed by atoms with Crippen molar-refractivity contribution in [1.29, 1.82) is 0 Å². The van der Waals surface area contributed by atoms with Gasteiger partial charge in [-0.1, -0.05) is 13.8 Å². The molecule has 0 saturated heterocycles. The van der Waals surface area contributed by atoms with Crippen LogP contribution in [-0.4, -0.2) is 16.0 Å². The predicted molar refractivity (Wildman–Crippen MR) is 48.8 cm³/mol. The van der Waals surface area contributed by atoms with Crippen molar-refractivity contribution in [1.82, 2.24) is 9.78 Å². The fourth-order valence-corrected chi connectivity index (χ4v) is 1.31. The molecular formula is C8H14N2S. The quantitative estimate of drug-likeness (QED) is 0.648. The number of thioether (sulfide) groups is 1. The highest BCUT2D eigenvalue weighted by Crippen LogP contribution is 2.10. The van der Waals surface area contributed by atoms with Gasteiger partial charge in [-0.3, -0.25) is 4.68 Å². The maximum atomic E-state index is 4.35. The molecule has 0 spiro atoms. The van der Waals surface area contributed by atoms with Crippen LogP contribution in [0.5, 0.6) is 0 Å². The highest BCUT2D eigenvalue weighted by atomic mass is 32.2. The molecule has 2 nitrogen and oxygen atoms in total. The lowest BCUT2D eigenvalue weighted by atomic mass is 10.2. The number of nitrogens with zero attached hydrogens (tertiary/aromatic N) is 2. The zero-order valence-electron chi connectivity index (χ0n) is 7.24. The molecule has 0 radical (unpaired) electrons. The molecule has 0 aliphatic rings. The van der Waals surface area contributed by atoms with Gasteiger partial charge in [0.25, 0.3) is 0 Å². The Balaban J connectivity index is 2.58. The van der Waals surface area contributed by atoms with Crippen molar-refractivity contribution in [2.24, 2.45) is 5.92 Å². The summed E-state index contributed by atoms with van der Waals surface area (Å²) in [6.07, 6.45) is 4.08. The van der Waals surface area contributed by atoms with Crippen molar-refractivity contribution in [2.75, 3.05) is 6.26 Å². The van der Waals surface area contributed by atoms with Crippen LogP contribution >= 0.6 is 11.8 Å². The van der Waals surface area contributed by atoms with Crippen molar-refractivity contribution in [3.63, 3.8) is 0 Å². The minimum absolute atomic E-state index is 0.671. The van der Waals surface area contributed by atoms with E-state index < -0.39 is 0 Å². The van der Waals surface area contributed by atoms with E-state index in [-0.39, 0.29) is 0 Å². The normalized spacial score (nSPS) is 10.9. The summed E-state index contributed by atoms with van der Waals surface area (Å²) in [5.74, 6) is 0.671. The van der Waals surface area contributed by atoms with Crippen LogP contribution in [0.3, 0.4) is 0 Å². The summed E-state index contributed by atoms with van der Waals surface area (Å²) in [6, 6.07) is 2.05. The molecule has 0 fully saturated rings. The molecule has 1 aromatic rings. The molecule has 11 heavy (non-hydrogen) atoms. The minimum atomic E-state index is 0.671. The third-order valence-electron chi connectivity index (χ3n) is 1.38. The third-order valence-corrected chi connectivity index (χ3v) is 2.01. The molecule has 0 atom stereocenters. The first-order valence-corrected chi connectivity index (χ1v) is 5.02. The largest absolute Gasteiger partial charge is 0.271 e. The van der Waals surface area contributed by atoms with E-state index in [2.05, 4.69) is 18.9 Å². The van der Waals surface area contributed by atoms with E-state index in [1.165, 1.54) is 0 Å². The molecule has 0 unspecified atom stereocenters. The fourth-order valence-electron chi connectivity index (χ4n) is 0.928. The summed E-state index contributed by atoms with van der Waals surface area (Å²) in [6.45, 7) is 5.40. The molecule has 1 aromatic heterocycles. The molecule has 0 N–H and O–H groups in total. The smallest absolute Gasteiger partial charge is 0.118 e. The fraction of sp³-hybridized carbons (Fsp3) is 0.625. The van der Waals surface area contributed by atoms with Crippen molar-refractivity contribution >= 4 is 11.8 Å². The van der Waals surface area contributed by atoms with Gasteiger partial charge in [0.1, 0.15) is 5.03 Å². The van der Waals surface area contributed by atoms with Gasteiger partial charge in [0.05, 0.1) is 0 Å². The van der Waals surface area contributed by atoms with Crippen LogP contribution in [0.4, 0.5) is 0 Å². The first-order chi connectivity index (χ1) is 5.22. The Labute approximate surface area is 72.0 Å². The summed E-state index contributed by atoms with van der Waals surface area (Å²) in [7, 11) is 0. The van der Waals surface area contributed by atoms with E-state index in [1.807, 2.05) is 23.2 Å². The monoisotopic (exact) mass is 170 g/mol. The Morgan fingerprint density at radius 2 is 2.36 bits per heavy atom. The summed E-state index contributed by atoms with van der Waals surface area (Å²) in [5, 5.41) is 5.45. The molecule has 62 valence electrons. The Morgan fingerprint density at radius 1 is 1.64 bits per heavy atom. The van der Waals surface area contributed by atoms with Crippen LogP contribution < -0.4 is 0 Å². The topological polar surface area (TPSA) is 17.8 Å². The lowest BCUT2D eigenvalue weighted by molar-refractivity contribution is 0.477. The van der Waals surface area contributed by atoms with Gasteiger partial charge < -0.3 is 0 Å². The standard InChI is InChI=1S/C8H14N2S/c1-7(2)6-10-5-4-8(9-10)11-3/h4-5,7H,6H2,1-3H3. The number of rotatable bonds is 3. The van der Waals surface area contributed by atoms with E-state index in [9.17, 15) is 0 Å². The van der Waals surface area contributed by atoms with E-state index in [1.54, 1.807) is 11.8 Å². The predicted octanol–water partition coefficient (Wildman–Crippen LogP) is 2.26. The summed E-state index contributed by atoms with van der Waals surface area (Å²) in [5.41, 5.74) is 0. The van der Waals surface area contributed by atoms with Crippen LogP contribution in [0.1, 0.15) is 13.8 Å². The molecule has 1 heterocycles. The van der Waals surface area contributed by atoms with Crippen LogP contribution in [-0.2, 0) is 6.54 Å². The van der Waals surface area contributed by atoms with Gasteiger partial charge in [0.15, 0.2) is 0 Å². The first kappa shape index (κ1) is 8.65. The number of hydrogen-bond acceptors (Lipinski definition) is 2. The van der Waals surface area contributed by atoms with Gasteiger partial charge in [0, 0.05) is 12.7 Å². The molecule has 0 aliphatic heterocycles. The van der Waals surface area contributed by atoms with Crippen LogP contribution in [0.25, 0.3) is 0 Å². The molecular weight excluding hydrogens is 156 g/mol. The maximum absolute atomic E-state index is 4.35. The van der Waals surface area contributed by atoms with E-state index >= 15 is 0 Å². The molecule has 0 bridgehead atoms. The van der Waals surface area contributed by atoms with Gasteiger partial charge in [-0.05, 0) is 18.2 Å². The van der Waals surface area contributed by atoms with Gasteiger partial charge in [0.2, 0.25) is 0 Å². The van der Waals surface area contributed by atoms with E-state index in [4.69, 9.17) is 0 Å². The average molecular weight is 170 g/mol. The Bertz CT molecular complexity index is 218. The van der Waals surface area contributed by atoms with Gasteiger partial charge in [-0.15, -0.1) is 11.8 Å². The minimum Gasteiger partial charge on any atom is -0.271 e. The summed E-state index contributed by atoms with van der Waals surface area (Å²) >= 11 is 1.68. The second-order valence-electron chi connectivity index (χ2n) is 2.97. The highest BCUT2D eigenvalue weighted by Gasteiger charge is 1.98. The van der Waals surface area contributed by atoms with Gasteiger partial charge >= 0.3 is 0 Å². The Kier molecular flexibility index (Phi) is 3.00. The van der Waals surface area contributed by atoms with Crippen LogP contribution in [0.15, 0.2) is 17.3 Å². The van der Waals surface area contributed by atoms with E-state index in [0.29, 0.717) is 5.92 Å². The molecule has 0 aliphatic carbocycles. The molecule has 0 saturated carbocycles. The maximum Gasteiger partial charge on any atom is 0.118 e. The summed E-state index contributed by atoms with van der Waals surface area (Å²) < 4.78 is 2.00. The second-order valence-corrected chi connectivity index (χ2v) is 3.80. The third kappa shape index (κ3) is 2.58. The van der Waals surface area contributed by atoms with Crippen molar-refractivity contribution in [3.8, 4) is 0 Å². The zero-order valence-corrected chi connectivity index (χ0v) is 8.06. The molecule has 1 rings (SSSR count). The van der Waals surface area contributed by atoms with Gasteiger partial charge in [-0.2, -0.15) is 5.10 Å². The molecule has 3 heteroatoms. The van der Waals surface area contributed by atoms with Crippen molar-refractivity contribution in [3.05, 3.63) is 12.3 Å². The van der Waals surface area contributed by atoms with Crippen molar-refractivity contribution < 1.29 is 0 Å². The second kappa shape index (κ2) is 3.81. The molecule has 0 aromatic carbocycles. The highest BCUT2D eigenvalue weighted by molar-refractivity contribution is 7.98. The SMILES string of the molecule is CSc1ccn(CC(C)C)n1. The number of aromatic nitrogens is 2. The van der Waals surface area contributed by atoms with E-state index in [0.717, 1.165) is 11.6 Å². The molecule has 0 amide bonds. The average Bonchev–Trinajstić information content (AvgIpc) is 2.34. The zero-order chi connectivity index (χ0) is 8.27. The lowest BCUT2D eigenvalue weighted by Crippen LogP contribution is -2.04. The van der Waals surface area contributed by atoms with Crippen LogP contribution in [0, 0.1) is 5.92 Å². The first-order valence-electron chi connectivity index (χ1n) is 3.80. The Hall–Kier alpha value is -0.440. The van der Waals surface area contributed by atoms with Crippen molar-refractivity contribution in [2.45, 2.75) is 25.4 Å². The van der Waals surface area contributed by atoms with Crippen LogP contribution in [0.2, 0.25) is 0 Å². The lowest BCUT2D eigenvalue weighted by Gasteiger charge is -2.03. The number of hydrogen-bond donors (Lipinski definition) is 0. The van der Waals surface area contributed by atoms with Gasteiger partial charge in [-0.25, -0.2) is 0 Å².